The van der Waals surface area contributed by atoms with Gasteiger partial charge in [-0.05, 0) is 25.1 Å². The SMILES string of the molecule is C[C@@H](NC(=O)COc1ccc(Cl)cc1Cl)C(=O)O. The van der Waals surface area contributed by atoms with E-state index in [-0.39, 0.29) is 11.6 Å². The Bertz CT molecular complexity index is 464. The first kappa shape index (κ1) is 14.6. The first-order valence-corrected chi connectivity index (χ1v) is 5.75. The molecule has 0 fully saturated rings. The van der Waals surface area contributed by atoms with Gasteiger partial charge in [0.15, 0.2) is 6.61 Å². The van der Waals surface area contributed by atoms with Crippen LogP contribution in [0.1, 0.15) is 6.92 Å². The van der Waals surface area contributed by atoms with Crippen molar-refractivity contribution in [3.8, 4) is 5.75 Å². The maximum Gasteiger partial charge on any atom is 0.325 e. The summed E-state index contributed by atoms with van der Waals surface area (Å²) >= 11 is 11.5. The molecule has 5 nitrogen and oxygen atoms in total. The highest BCUT2D eigenvalue weighted by Crippen LogP contribution is 2.27. The van der Waals surface area contributed by atoms with Gasteiger partial charge in [0.25, 0.3) is 5.91 Å². The van der Waals surface area contributed by atoms with Crippen LogP contribution in [-0.2, 0) is 9.59 Å². The number of hydrogen-bond donors (Lipinski definition) is 2. The van der Waals surface area contributed by atoms with Crippen molar-refractivity contribution in [1.82, 2.24) is 5.32 Å². The van der Waals surface area contributed by atoms with Gasteiger partial charge in [0.2, 0.25) is 0 Å². The number of carboxylic acid groups (broad SMARTS) is 1. The maximum absolute atomic E-state index is 11.3. The van der Waals surface area contributed by atoms with Crippen LogP contribution in [0, 0.1) is 0 Å². The molecule has 0 spiro atoms. The molecule has 2 N–H and O–H groups in total. The summed E-state index contributed by atoms with van der Waals surface area (Å²) in [6.45, 7) is 1.04. The predicted octanol–water partition coefficient (Wildman–Crippen LogP) is 1.96. The molecule has 7 heteroatoms. The lowest BCUT2D eigenvalue weighted by Crippen LogP contribution is -2.40. The Kier molecular flexibility index (Phi) is 5.25. The van der Waals surface area contributed by atoms with Crippen LogP contribution in [0.25, 0.3) is 0 Å². The van der Waals surface area contributed by atoms with Crippen molar-refractivity contribution >= 4 is 35.1 Å². The van der Waals surface area contributed by atoms with Crippen LogP contribution in [0.3, 0.4) is 0 Å². The van der Waals surface area contributed by atoms with Crippen molar-refractivity contribution in [3.05, 3.63) is 28.2 Å². The van der Waals surface area contributed by atoms with E-state index in [0.29, 0.717) is 10.8 Å². The van der Waals surface area contributed by atoms with Gasteiger partial charge in [0.1, 0.15) is 11.8 Å². The lowest BCUT2D eigenvalue weighted by Gasteiger charge is -2.11. The molecule has 1 atom stereocenters. The summed E-state index contributed by atoms with van der Waals surface area (Å²) in [5.74, 6) is -1.36. The van der Waals surface area contributed by atoms with E-state index in [0.717, 1.165) is 0 Å². The molecule has 0 heterocycles. The van der Waals surface area contributed by atoms with Crippen molar-refractivity contribution in [2.24, 2.45) is 0 Å². The molecular formula is C11H11Cl2NO4. The van der Waals surface area contributed by atoms with Gasteiger partial charge in [0.05, 0.1) is 5.02 Å². The molecule has 0 saturated carbocycles. The highest BCUT2D eigenvalue weighted by molar-refractivity contribution is 6.35. The molecule has 0 aliphatic heterocycles. The van der Waals surface area contributed by atoms with Crippen LogP contribution in [0.2, 0.25) is 10.0 Å². The van der Waals surface area contributed by atoms with Crippen LogP contribution < -0.4 is 10.1 Å². The molecule has 0 aliphatic carbocycles. The number of carbonyl (C=O) groups excluding carboxylic acids is 1. The van der Waals surface area contributed by atoms with Crippen molar-refractivity contribution in [2.75, 3.05) is 6.61 Å². The fourth-order valence-electron chi connectivity index (χ4n) is 1.08. The second kappa shape index (κ2) is 6.47. The quantitative estimate of drug-likeness (QED) is 0.870. The van der Waals surface area contributed by atoms with Crippen LogP contribution >= 0.6 is 23.2 Å². The lowest BCUT2D eigenvalue weighted by atomic mass is 10.3. The van der Waals surface area contributed by atoms with E-state index in [1.54, 1.807) is 6.07 Å². The molecule has 0 aromatic heterocycles. The standard InChI is InChI=1S/C11H11Cl2NO4/c1-6(11(16)17)14-10(15)5-18-9-3-2-7(12)4-8(9)13/h2-4,6H,5H2,1H3,(H,14,15)(H,16,17)/t6-/m1/s1. The number of carbonyl (C=O) groups is 2. The molecule has 0 aliphatic rings. The molecule has 0 bridgehead atoms. The molecule has 0 unspecified atom stereocenters. The monoisotopic (exact) mass is 291 g/mol. The minimum atomic E-state index is -1.12. The Balaban J connectivity index is 2.50. The van der Waals surface area contributed by atoms with Crippen molar-refractivity contribution < 1.29 is 19.4 Å². The molecular weight excluding hydrogens is 281 g/mol. The van der Waals surface area contributed by atoms with Crippen molar-refractivity contribution in [1.29, 1.82) is 0 Å². The van der Waals surface area contributed by atoms with Gasteiger partial charge in [-0.2, -0.15) is 0 Å². The van der Waals surface area contributed by atoms with E-state index in [9.17, 15) is 9.59 Å². The number of amides is 1. The normalized spacial score (nSPS) is 11.7. The number of halogens is 2. The van der Waals surface area contributed by atoms with Crippen LogP contribution in [0.15, 0.2) is 18.2 Å². The fraction of sp³-hybridized carbons (Fsp3) is 0.273. The van der Waals surface area contributed by atoms with Crippen LogP contribution in [0.5, 0.6) is 5.75 Å². The Morgan fingerprint density at radius 3 is 2.67 bits per heavy atom. The predicted molar refractivity (Wildman–Crippen MR) is 67.2 cm³/mol. The van der Waals surface area contributed by atoms with Gasteiger partial charge in [0, 0.05) is 5.02 Å². The topological polar surface area (TPSA) is 75.6 Å². The lowest BCUT2D eigenvalue weighted by molar-refractivity contribution is -0.141. The molecule has 0 saturated heterocycles. The molecule has 1 rings (SSSR count). The smallest absolute Gasteiger partial charge is 0.325 e. The van der Waals surface area contributed by atoms with Crippen LogP contribution in [-0.4, -0.2) is 29.6 Å². The van der Waals surface area contributed by atoms with E-state index in [1.165, 1.54) is 19.1 Å². The largest absolute Gasteiger partial charge is 0.482 e. The second-order valence-electron chi connectivity index (χ2n) is 3.49. The molecule has 1 amide bonds. The molecule has 98 valence electrons. The molecule has 1 aromatic carbocycles. The van der Waals surface area contributed by atoms with Crippen molar-refractivity contribution in [2.45, 2.75) is 13.0 Å². The number of nitrogens with one attached hydrogen (secondary N) is 1. The van der Waals surface area contributed by atoms with E-state index < -0.39 is 17.9 Å². The highest BCUT2D eigenvalue weighted by Gasteiger charge is 2.14. The first-order valence-electron chi connectivity index (χ1n) is 5.00. The zero-order valence-corrected chi connectivity index (χ0v) is 11.0. The minimum absolute atomic E-state index is 0.279. The average molecular weight is 292 g/mol. The number of carboxylic acids is 1. The summed E-state index contributed by atoms with van der Waals surface area (Å²) in [6.07, 6.45) is 0. The van der Waals surface area contributed by atoms with Gasteiger partial charge in [-0.3, -0.25) is 9.59 Å². The molecule has 1 aromatic rings. The summed E-state index contributed by atoms with van der Waals surface area (Å²) in [5.41, 5.74) is 0. The molecule has 0 radical (unpaired) electrons. The van der Waals surface area contributed by atoms with Gasteiger partial charge in [-0.25, -0.2) is 0 Å². The number of ether oxygens (including phenoxy) is 1. The van der Waals surface area contributed by atoms with E-state index in [4.69, 9.17) is 33.0 Å². The first-order chi connectivity index (χ1) is 8.40. The Morgan fingerprint density at radius 1 is 1.44 bits per heavy atom. The average Bonchev–Trinajstić information content (AvgIpc) is 2.27. The van der Waals surface area contributed by atoms with Crippen LogP contribution in [0.4, 0.5) is 0 Å². The van der Waals surface area contributed by atoms with Gasteiger partial charge in [-0.15, -0.1) is 0 Å². The Hall–Kier alpha value is -1.46. The zero-order valence-electron chi connectivity index (χ0n) is 9.44. The third kappa shape index (κ3) is 4.43. The minimum Gasteiger partial charge on any atom is -0.482 e. The third-order valence-corrected chi connectivity index (χ3v) is 2.53. The van der Waals surface area contributed by atoms with E-state index >= 15 is 0 Å². The number of hydrogen-bond acceptors (Lipinski definition) is 3. The third-order valence-electron chi connectivity index (χ3n) is 2.00. The van der Waals surface area contributed by atoms with Gasteiger partial charge < -0.3 is 15.2 Å². The fourth-order valence-corrected chi connectivity index (χ4v) is 1.54. The second-order valence-corrected chi connectivity index (χ2v) is 4.33. The molecule has 18 heavy (non-hydrogen) atoms. The van der Waals surface area contributed by atoms with E-state index in [2.05, 4.69) is 5.32 Å². The van der Waals surface area contributed by atoms with Gasteiger partial charge in [-0.1, -0.05) is 23.2 Å². The zero-order chi connectivity index (χ0) is 13.7. The highest BCUT2D eigenvalue weighted by atomic mass is 35.5. The summed E-state index contributed by atoms with van der Waals surface area (Å²) in [4.78, 5) is 21.9. The van der Waals surface area contributed by atoms with E-state index in [1.807, 2.05) is 0 Å². The van der Waals surface area contributed by atoms with Gasteiger partial charge >= 0.3 is 5.97 Å². The number of rotatable bonds is 5. The summed E-state index contributed by atoms with van der Waals surface area (Å²) in [5, 5.41) is 11.6. The summed E-state index contributed by atoms with van der Waals surface area (Å²) in [6, 6.07) is 3.61. The summed E-state index contributed by atoms with van der Waals surface area (Å²) < 4.78 is 5.14. The Morgan fingerprint density at radius 2 is 2.11 bits per heavy atom. The summed E-state index contributed by atoms with van der Waals surface area (Å²) in [7, 11) is 0. The van der Waals surface area contributed by atoms with Crippen molar-refractivity contribution in [3.63, 3.8) is 0 Å². The number of aliphatic carboxylic acids is 1. The Labute approximate surface area is 114 Å². The number of benzene rings is 1. The maximum atomic E-state index is 11.3.